The van der Waals surface area contributed by atoms with Crippen LogP contribution in [0.3, 0.4) is 0 Å². The smallest absolute Gasteiger partial charge is 0.244 e. The van der Waals surface area contributed by atoms with E-state index in [0.717, 1.165) is 0 Å². The van der Waals surface area contributed by atoms with Crippen LogP contribution in [0.1, 0.15) is 0 Å². The molecular formula is CHN2O. The van der Waals surface area contributed by atoms with Gasteiger partial charge in [0.15, 0.2) is 0 Å². The van der Waals surface area contributed by atoms with Gasteiger partial charge in [0.05, 0.1) is 0 Å². The quantitative estimate of drug-likeness (QED) is 0.368. The molecule has 0 heterocycles. The first kappa shape index (κ1) is 3.27. The number of hydrogen-bond acceptors (Lipinski definition) is 1. The van der Waals surface area contributed by atoms with E-state index in [9.17, 15) is 0 Å². The van der Waals surface area contributed by atoms with Crippen LogP contribution in [0.15, 0.2) is 0 Å². The summed E-state index contributed by atoms with van der Waals surface area (Å²) in [5, 5.41) is 0. The van der Waals surface area contributed by atoms with Gasteiger partial charge in [0, 0.05) is 0 Å². The summed E-state index contributed by atoms with van der Waals surface area (Å²) >= 11 is 0. The summed E-state index contributed by atoms with van der Waals surface area (Å²) in [6.07, 6.45) is 0. The molecule has 0 saturated carbocycles. The third-order valence-electron chi connectivity index (χ3n) is 0. The lowest BCUT2D eigenvalue weighted by Crippen LogP contribution is -1.90. The minimum absolute atomic E-state index is 1.58. The lowest BCUT2D eigenvalue weighted by molar-refractivity contribution is 0.254. The summed E-state index contributed by atoms with van der Waals surface area (Å²) in [5.74, 6) is 0. The van der Waals surface area contributed by atoms with Gasteiger partial charge >= 0.3 is 6.03 Å². The second-order valence-electron chi connectivity index (χ2n) is 0.305. The Morgan fingerprint density at radius 3 is 2.00 bits per heavy atom. The Morgan fingerprint density at radius 2 is 2.00 bits per heavy atom. The molecule has 0 aromatic carbocycles. The predicted octanol–water partition coefficient (Wildman–Crippen LogP) is -0.542. The molecule has 0 spiro atoms. The highest BCUT2D eigenvalue weighted by atomic mass is 16.2. The second-order valence-corrected chi connectivity index (χ2v) is 0.305. The van der Waals surface area contributed by atoms with E-state index in [1.54, 1.807) is 0 Å². The molecule has 2 amide bonds. The molecule has 4 heavy (non-hydrogen) atoms. The molecule has 3 nitrogen and oxygen atoms in total. The van der Waals surface area contributed by atoms with E-state index in [-0.39, 0.29) is 0 Å². The Morgan fingerprint density at radius 1 is 2.00 bits per heavy atom. The van der Waals surface area contributed by atoms with E-state index in [0.29, 0.717) is 0 Å². The molecule has 0 rings (SSSR count). The van der Waals surface area contributed by atoms with Crippen LogP contribution in [0.25, 0.3) is 0 Å². The van der Waals surface area contributed by atoms with Crippen molar-refractivity contribution in [2.75, 3.05) is 0 Å². The summed E-state index contributed by atoms with van der Waals surface area (Å²) in [6, 6.07) is -1.58. The van der Waals surface area contributed by atoms with Gasteiger partial charge in [-0.25, -0.2) is 10.5 Å². The molecule has 0 aliphatic carbocycles. The molecule has 0 aromatic rings. The van der Waals surface area contributed by atoms with Gasteiger partial charge in [0.1, 0.15) is 0 Å². The maximum Gasteiger partial charge on any atom is 0.378 e. The molecule has 0 aliphatic heterocycles. The van der Waals surface area contributed by atoms with Gasteiger partial charge < -0.3 is 0 Å². The minimum Gasteiger partial charge on any atom is -0.244 e. The predicted molar refractivity (Wildman–Crippen MR) is 10.6 cm³/mol. The average Bonchev–Trinajstić information content (AvgIpc) is 0.811. The van der Waals surface area contributed by atoms with E-state index in [1.165, 1.54) is 0 Å². The summed E-state index contributed by atoms with van der Waals surface area (Å²) in [6.45, 7) is 0. The largest absolute Gasteiger partial charge is 0.378 e. The van der Waals surface area contributed by atoms with Crippen molar-refractivity contribution in [2.45, 2.75) is 0 Å². The van der Waals surface area contributed by atoms with E-state index < -0.39 is 6.03 Å². The number of nitrogens with zero attached hydrogens (tertiary/aromatic N) is 1. The highest BCUT2D eigenvalue weighted by molar-refractivity contribution is 5.67. The topological polar surface area (TPSA) is 63.2 Å². The molecule has 1 N–H and O–H groups in total. The molecule has 3 heteroatoms. The number of urea groups is 1. The Balaban J connectivity index is 2.80. The molecular weight excluding hydrogens is 56.0 g/mol. The van der Waals surface area contributed by atoms with Crippen LogP contribution in [0, 0.1) is 0 Å². The van der Waals surface area contributed by atoms with Crippen molar-refractivity contribution >= 4 is 6.03 Å². The van der Waals surface area contributed by atoms with Crippen molar-refractivity contribution < 1.29 is 4.79 Å². The Kier molecular flexibility index (Phi) is 0.581. The minimum atomic E-state index is -1.58. The fourth-order valence-electron chi connectivity index (χ4n) is 0. The Bertz CT molecular complexity index is 29.0. The van der Waals surface area contributed by atoms with Crippen molar-refractivity contribution in [3.05, 3.63) is 0 Å². The Hall–Kier alpha value is -0.730. The van der Waals surface area contributed by atoms with Crippen molar-refractivity contribution in [1.82, 2.24) is 11.5 Å². The number of carbonyl (C=O) groups excluding carboxylic acids is 1. The van der Waals surface area contributed by atoms with Crippen LogP contribution in [0.2, 0.25) is 0 Å². The van der Waals surface area contributed by atoms with Crippen LogP contribution in [0.5, 0.6) is 0 Å². The van der Waals surface area contributed by atoms with Gasteiger partial charge in [0.2, 0.25) is 0 Å². The zero-order valence-electron chi connectivity index (χ0n) is 1.86. The number of carbonyl (C=O) groups is 1. The van der Waals surface area contributed by atoms with Gasteiger partial charge in [-0.15, -0.1) is 0 Å². The summed E-state index contributed by atoms with van der Waals surface area (Å²) in [4.78, 5) is 8.67. The normalized spacial score (nSPS) is 6.00. The summed E-state index contributed by atoms with van der Waals surface area (Å²) < 4.78 is 0. The van der Waals surface area contributed by atoms with Gasteiger partial charge in [-0.3, -0.25) is 0 Å². The van der Waals surface area contributed by atoms with Crippen LogP contribution in [0.4, 0.5) is 4.79 Å². The van der Waals surface area contributed by atoms with Gasteiger partial charge in [-0.1, -0.05) is 5.73 Å². The zero-order chi connectivity index (χ0) is 3.58. The molecule has 0 unspecified atom stereocenters. The standard InChI is InChI=1S/CHN2O/c2-1(3)4/h2H. The van der Waals surface area contributed by atoms with E-state index >= 15 is 0 Å². The molecule has 0 bridgehead atoms. The molecule has 21 valence electrons. The number of rotatable bonds is 0. The monoisotopic (exact) mass is 57.0 g/mol. The number of hydrogen-bond donors (Lipinski definition) is 0. The van der Waals surface area contributed by atoms with E-state index in [4.69, 9.17) is 16.3 Å². The fraction of sp³-hybridized carbons (Fsp3) is 0. The summed E-state index contributed by atoms with van der Waals surface area (Å²) in [5.41, 5.74) is 12.6. The zero-order valence-corrected chi connectivity index (χ0v) is 1.86. The lowest BCUT2D eigenvalue weighted by atomic mass is 11.2. The van der Waals surface area contributed by atoms with Crippen molar-refractivity contribution in [3.63, 3.8) is 0 Å². The average molecular weight is 57.0 g/mol. The van der Waals surface area contributed by atoms with Crippen LogP contribution >= 0.6 is 0 Å². The lowest BCUT2D eigenvalue weighted by Gasteiger charge is -1.51. The molecule has 0 aliphatic rings. The van der Waals surface area contributed by atoms with Crippen molar-refractivity contribution in [1.29, 1.82) is 0 Å². The summed E-state index contributed by atoms with van der Waals surface area (Å²) in [7, 11) is 0. The molecule has 0 atom stereocenters. The molecule has 0 fully saturated rings. The van der Waals surface area contributed by atoms with Crippen LogP contribution in [-0.2, 0) is 0 Å². The molecule has 0 saturated heterocycles. The molecule has 3 radical (unpaired) electrons. The fourth-order valence-corrected chi connectivity index (χ4v) is 0. The first-order valence-corrected chi connectivity index (χ1v) is 0.678. The van der Waals surface area contributed by atoms with E-state index in [2.05, 4.69) is 0 Å². The number of nitrogens with one attached hydrogen (secondary N) is 1. The molecule has 0 aromatic heterocycles. The number of amides is 2. The highest BCUT2D eigenvalue weighted by Gasteiger charge is 1.71. The van der Waals surface area contributed by atoms with Gasteiger partial charge in [-0.2, -0.15) is 0 Å². The van der Waals surface area contributed by atoms with Crippen molar-refractivity contribution in [3.8, 4) is 0 Å². The first-order chi connectivity index (χ1) is 1.73. The third kappa shape index (κ3) is 0.174. The maximum absolute atomic E-state index is 8.67. The van der Waals surface area contributed by atoms with E-state index in [1.807, 2.05) is 0 Å². The second kappa shape index (κ2) is 0.711. The highest BCUT2D eigenvalue weighted by Crippen LogP contribution is 1.37. The first-order valence-electron chi connectivity index (χ1n) is 0.678. The maximum atomic E-state index is 8.67. The van der Waals surface area contributed by atoms with Crippen LogP contribution < -0.4 is 11.5 Å². The van der Waals surface area contributed by atoms with Gasteiger partial charge in [-0.05, 0) is 0 Å². The SMILES string of the molecule is [N]C([NH])=O. The van der Waals surface area contributed by atoms with Crippen molar-refractivity contribution in [2.24, 2.45) is 0 Å². The van der Waals surface area contributed by atoms with Gasteiger partial charge in [0.25, 0.3) is 0 Å². The Labute approximate surface area is 23.6 Å². The third-order valence-corrected chi connectivity index (χ3v) is 0. The van der Waals surface area contributed by atoms with Crippen LogP contribution in [-0.4, -0.2) is 6.03 Å².